The molecular weight excluding hydrogens is 393 g/mol. The highest BCUT2D eigenvalue weighted by atomic mass is 127. The van der Waals surface area contributed by atoms with Gasteiger partial charge in [0.05, 0.1) is 14.1 Å². The fourth-order valence-corrected chi connectivity index (χ4v) is 4.10. The summed E-state index contributed by atoms with van der Waals surface area (Å²) in [5.41, 5.74) is 3.75. The molecule has 0 aliphatic heterocycles. The van der Waals surface area contributed by atoms with E-state index < -0.39 is 0 Å². The molecule has 3 rings (SSSR count). The van der Waals surface area contributed by atoms with Gasteiger partial charge in [0.1, 0.15) is 0 Å². The summed E-state index contributed by atoms with van der Waals surface area (Å²) in [6.07, 6.45) is 0.914. The third kappa shape index (κ3) is 3.00. The summed E-state index contributed by atoms with van der Waals surface area (Å²) in [4.78, 5) is 0. The van der Waals surface area contributed by atoms with Crippen molar-refractivity contribution in [3.8, 4) is 0 Å². The lowest BCUT2D eigenvalue weighted by Crippen LogP contribution is -2.18. The lowest BCUT2D eigenvalue weighted by atomic mass is 10.0. The van der Waals surface area contributed by atoms with E-state index in [1.165, 1.54) is 25.0 Å². The van der Waals surface area contributed by atoms with Crippen LogP contribution in [0.25, 0.3) is 10.9 Å². The smallest absolute Gasteiger partial charge is 0.0722 e. The maximum atomic E-state index is 4.81. The second-order valence-electron chi connectivity index (χ2n) is 5.01. The third-order valence-corrected chi connectivity index (χ3v) is 5.58. The summed E-state index contributed by atoms with van der Waals surface area (Å²) in [6.45, 7) is 3.04. The molecule has 1 unspecified atom stereocenters. The van der Waals surface area contributed by atoms with Crippen LogP contribution in [-0.2, 0) is 13.0 Å². The number of likely N-dealkylation sites (N-methyl/N-ethyl adjacent to an activating group) is 1. The van der Waals surface area contributed by atoms with Gasteiger partial charge in [0.15, 0.2) is 0 Å². The molecule has 2 aromatic heterocycles. The summed E-state index contributed by atoms with van der Waals surface area (Å²) >= 11 is 4.17. The first-order chi connectivity index (χ1) is 10.2. The fourth-order valence-electron chi connectivity index (χ4n) is 2.67. The van der Waals surface area contributed by atoms with E-state index in [-0.39, 0.29) is 0 Å². The molecule has 0 saturated heterocycles. The zero-order chi connectivity index (χ0) is 14.8. The zero-order valence-corrected chi connectivity index (χ0v) is 15.1. The number of aryl methyl sites for hydroxylation is 1. The number of para-hydroxylation sites is 1. The predicted octanol–water partition coefficient (Wildman–Crippen LogP) is 4.23. The van der Waals surface area contributed by atoms with Crippen LogP contribution in [0.1, 0.15) is 24.2 Å². The average Bonchev–Trinajstić information content (AvgIpc) is 3.09. The quantitative estimate of drug-likeness (QED) is 0.637. The Morgan fingerprint density at radius 3 is 2.86 bits per heavy atom. The van der Waals surface area contributed by atoms with Crippen LogP contribution in [0.15, 0.2) is 35.7 Å². The number of halogens is 1. The number of hydrogen-bond acceptors (Lipinski definition) is 3. The summed E-state index contributed by atoms with van der Waals surface area (Å²) < 4.78 is 3.42. The third-order valence-electron chi connectivity index (χ3n) is 3.77. The molecule has 21 heavy (non-hydrogen) atoms. The van der Waals surface area contributed by atoms with Crippen LogP contribution in [0.5, 0.6) is 0 Å². The minimum atomic E-state index is 0.313. The Labute approximate surface area is 142 Å². The Kier molecular flexibility index (Phi) is 4.61. The molecule has 0 saturated carbocycles. The molecule has 3 aromatic rings. The van der Waals surface area contributed by atoms with Crippen molar-refractivity contribution < 1.29 is 0 Å². The highest BCUT2D eigenvalue weighted by molar-refractivity contribution is 14.1. The normalized spacial score (nSPS) is 12.9. The second kappa shape index (κ2) is 6.46. The van der Waals surface area contributed by atoms with Gasteiger partial charge in [-0.15, -0.1) is 11.3 Å². The van der Waals surface area contributed by atoms with E-state index >= 15 is 0 Å². The molecule has 1 N–H and O–H groups in total. The minimum Gasteiger partial charge on any atom is -0.313 e. The van der Waals surface area contributed by atoms with E-state index in [0.29, 0.717) is 6.04 Å². The number of nitrogens with one attached hydrogen (secondary N) is 1. The van der Waals surface area contributed by atoms with Crippen LogP contribution in [-0.4, -0.2) is 16.8 Å². The van der Waals surface area contributed by atoms with E-state index in [1.807, 2.05) is 7.05 Å². The van der Waals surface area contributed by atoms with E-state index in [1.54, 1.807) is 11.3 Å². The highest BCUT2D eigenvalue weighted by Gasteiger charge is 2.16. The average molecular weight is 411 g/mol. The van der Waals surface area contributed by atoms with Crippen molar-refractivity contribution in [1.29, 1.82) is 0 Å². The van der Waals surface area contributed by atoms with Crippen LogP contribution in [0.3, 0.4) is 0 Å². The molecule has 0 fully saturated rings. The lowest BCUT2D eigenvalue weighted by Gasteiger charge is -2.13. The standard InChI is InChI=1S/C16H18IN3S/c1-3-20-15-7-5-4-6-12(15)14(19-20)9-13(18-2)11-8-16(17)21-10-11/h4-8,10,13,18H,3,9H2,1-2H3. The molecule has 5 heteroatoms. The van der Waals surface area contributed by atoms with Crippen molar-refractivity contribution >= 4 is 44.8 Å². The Bertz CT molecular complexity index is 747. The number of rotatable bonds is 5. The molecule has 0 amide bonds. The van der Waals surface area contributed by atoms with Crippen molar-refractivity contribution in [3.05, 3.63) is 49.9 Å². The molecule has 1 aromatic carbocycles. The monoisotopic (exact) mass is 411 g/mol. The number of hydrogen-bond donors (Lipinski definition) is 1. The molecule has 2 heterocycles. The molecule has 3 nitrogen and oxygen atoms in total. The van der Waals surface area contributed by atoms with Gasteiger partial charge in [0, 0.05) is 24.4 Å². The van der Waals surface area contributed by atoms with Gasteiger partial charge in [-0.2, -0.15) is 5.10 Å². The van der Waals surface area contributed by atoms with E-state index in [4.69, 9.17) is 5.10 Å². The van der Waals surface area contributed by atoms with E-state index in [9.17, 15) is 0 Å². The van der Waals surface area contributed by atoms with Crippen molar-refractivity contribution in [2.75, 3.05) is 7.05 Å². The first-order valence-electron chi connectivity index (χ1n) is 7.08. The van der Waals surface area contributed by atoms with Crippen LogP contribution in [0.4, 0.5) is 0 Å². The fraction of sp³-hybridized carbons (Fsp3) is 0.312. The molecular formula is C16H18IN3S. The Hall–Kier alpha value is -0.920. The van der Waals surface area contributed by atoms with Gasteiger partial charge < -0.3 is 5.32 Å². The van der Waals surface area contributed by atoms with Crippen LogP contribution in [0, 0.1) is 2.88 Å². The maximum absolute atomic E-state index is 4.81. The molecule has 0 spiro atoms. The Morgan fingerprint density at radius 2 is 2.19 bits per heavy atom. The van der Waals surface area contributed by atoms with Crippen molar-refractivity contribution in [2.24, 2.45) is 0 Å². The first-order valence-corrected chi connectivity index (χ1v) is 9.04. The number of benzene rings is 1. The molecule has 1 atom stereocenters. The van der Waals surface area contributed by atoms with Gasteiger partial charge in [-0.3, -0.25) is 4.68 Å². The molecule has 0 aliphatic rings. The number of nitrogens with zero attached hydrogens (tertiary/aromatic N) is 2. The molecule has 0 radical (unpaired) electrons. The second-order valence-corrected chi connectivity index (χ2v) is 7.81. The van der Waals surface area contributed by atoms with Crippen LogP contribution < -0.4 is 5.32 Å². The zero-order valence-electron chi connectivity index (χ0n) is 12.1. The van der Waals surface area contributed by atoms with Crippen molar-refractivity contribution in [1.82, 2.24) is 15.1 Å². The Morgan fingerprint density at radius 1 is 1.38 bits per heavy atom. The molecule has 0 bridgehead atoms. The highest BCUT2D eigenvalue weighted by Crippen LogP contribution is 2.27. The number of fused-ring (bicyclic) bond motifs is 1. The summed E-state index contributed by atoms with van der Waals surface area (Å²) in [6, 6.07) is 11.1. The largest absolute Gasteiger partial charge is 0.313 e. The topological polar surface area (TPSA) is 29.9 Å². The van der Waals surface area contributed by atoms with Crippen LogP contribution in [0.2, 0.25) is 0 Å². The van der Waals surface area contributed by atoms with Gasteiger partial charge >= 0.3 is 0 Å². The molecule has 0 aliphatic carbocycles. The first kappa shape index (κ1) is 15.0. The number of aromatic nitrogens is 2. The van der Waals surface area contributed by atoms with Crippen molar-refractivity contribution in [3.63, 3.8) is 0 Å². The van der Waals surface area contributed by atoms with Gasteiger partial charge in [0.25, 0.3) is 0 Å². The summed E-state index contributed by atoms with van der Waals surface area (Å²) in [5.74, 6) is 0. The maximum Gasteiger partial charge on any atom is 0.0722 e. The van der Waals surface area contributed by atoms with Gasteiger partial charge in [-0.25, -0.2) is 0 Å². The predicted molar refractivity (Wildman–Crippen MR) is 97.9 cm³/mol. The lowest BCUT2D eigenvalue weighted by molar-refractivity contribution is 0.574. The minimum absolute atomic E-state index is 0.313. The van der Waals surface area contributed by atoms with E-state index in [2.05, 4.69) is 75.2 Å². The summed E-state index contributed by atoms with van der Waals surface area (Å²) in [7, 11) is 2.02. The SMILES string of the molecule is CCn1nc(CC(NC)c2csc(I)c2)c2ccccc21. The van der Waals surface area contributed by atoms with Crippen LogP contribution >= 0.6 is 33.9 Å². The van der Waals surface area contributed by atoms with E-state index in [0.717, 1.165) is 13.0 Å². The van der Waals surface area contributed by atoms with Gasteiger partial charge in [-0.05, 0) is 59.6 Å². The van der Waals surface area contributed by atoms with Gasteiger partial charge in [0.2, 0.25) is 0 Å². The Balaban J connectivity index is 1.97. The molecule has 110 valence electrons. The van der Waals surface area contributed by atoms with Crippen molar-refractivity contribution in [2.45, 2.75) is 25.9 Å². The summed E-state index contributed by atoms with van der Waals surface area (Å²) in [5, 5.41) is 11.7. The van der Waals surface area contributed by atoms with Gasteiger partial charge in [-0.1, -0.05) is 18.2 Å². The number of thiophene rings is 1.